The van der Waals surface area contributed by atoms with Gasteiger partial charge in [0.2, 0.25) is 0 Å². The van der Waals surface area contributed by atoms with E-state index >= 15 is 0 Å². The van der Waals surface area contributed by atoms with Gasteiger partial charge in [0.1, 0.15) is 0 Å². The predicted molar refractivity (Wildman–Crippen MR) is 42.8 cm³/mol. The molecule has 1 rings (SSSR count). The van der Waals surface area contributed by atoms with Crippen molar-refractivity contribution in [2.45, 2.75) is 25.0 Å². The molecule has 0 aliphatic carbocycles. The average Bonchev–Trinajstić information content (AvgIpc) is 1.94. The van der Waals surface area contributed by atoms with Gasteiger partial charge >= 0.3 is 6.09 Å². The summed E-state index contributed by atoms with van der Waals surface area (Å²) in [6, 6.07) is -0.326. The van der Waals surface area contributed by atoms with Crippen LogP contribution in [0.3, 0.4) is 0 Å². The molecule has 0 unspecified atom stereocenters. The number of hydrogen-bond acceptors (Lipinski definition) is 3. The monoisotopic (exact) mass is 174 g/mol. The first kappa shape index (κ1) is 9.28. The van der Waals surface area contributed by atoms with Gasteiger partial charge in [0.25, 0.3) is 0 Å². The summed E-state index contributed by atoms with van der Waals surface area (Å²) in [5.41, 5.74) is 4.52. The molecule has 1 saturated heterocycles. The van der Waals surface area contributed by atoms with E-state index in [4.69, 9.17) is 10.8 Å². The van der Waals surface area contributed by atoms with E-state index in [0.29, 0.717) is 13.0 Å². The van der Waals surface area contributed by atoms with Crippen molar-refractivity contribution >= 4 is 6.09 Å². The third kappa shape index (κ3) is 1.67. The predicted octanol–water partition coefficient (Wildman–Crippen LogP) is -0.552. The summed E-state index contributed by atoms with van der Waals surface area (Å²) < 4.78 is 0. The first-order valence-corrected chi connectivity index (χ1v) is 3.89. The molecule has 1 aliphatic rings. The van der Waals surface area contributed by atoms with Crippen molar-refractivity contribution in [2.75, 3.05) is 13.1 Å². The molecule has 0 aromatic rings. The highest BCUT2D eigenvalue weighted by Crippen LogP contribution is 2.19. The lowest BCUT2D eigenvalue weighted by molar-refractivity contribution is -0.0259. The second-order valence-corrected chi connectivity index (χ2v) is 3.46. The molecule has 2 atom stereocenters. The van der Waals surface area contributed by atoms with Crippen molar-refractivity contribution in [1.82, 2.24) is 4.90 Å². The minimum atomic E-state index is -1.09. The van der Waals surface area contributed by atoms with E-state index in [0.717, 1.165) is 0 Å². The normalized spacial score (nSPS) is 36.6. The summed E-state index contributed by atoms with van der Waals surface area (Å²) in [7, 11) is 0. The molecule has 70 valence electrons. The highest BCUT2D eigenvalue weighted by atomic mass is 16.4. The highest BCUT2D eigenvalue weighted by Gasteiger charge is 2.37. The zero-order chi connectivity index (χ0) is 9.35. The summed E-state index contributed by atoms with van der Waals surface area (Å²) in [4.78, 5) is 11.7. The number of amides is 1. The number of rotatable bonds is 0. The van der Waals surface area contributed by atoms with Gasteiger partial charge < -0.3 is 20.8 Å². The molecule has 5 heteroatoms. The number of carboxylic acid groups (broad SMARTS) is 1. The van der Waals surface area contributed by atoms with Crippen LogP contribution in [0.5, 0.6) is 0 Å². The van der Waals surface area contributed by atoms with Gasteiger partial charge in [-0.15, -0.1) is 0 Å². The molecular weight excluding hydrogens is 160 g/mol. The minimum Gasteiger partial charge on any atom is -0.465 e. The molecule has 1 fully saturated rings. The van der Waals surface area contributed by atoms with Crippen LogP contribution < -0.4 is 5.73 Å². The Balaban J connectivity index is 2.63. The maximum Gasteiger partial charge on any atom is 0.407 e. The van der Waals surface area contributed by atoms with Crippen molar-refractivity contribution in [3.63, 3.8) is 0 Å². The lowest BCUT2D eigenvalue weighted by atomic mass is 9.90. The average molecular weight is 174 g/mol. The van der Waals surface area contributed by atoms with E-state index in [9.17, 15) is 9.90 Å². The number of hydrogen-bond donors (Lipinski definition) is 3. The Bertz CT molecular complexity index is 193. The fourth-order valence-electron chi connectivity index (χ4n) is 1.35. The zero-order valence-corrected chi connectivity index (χ0v) is 7.03. The van der Waals surface area contributed by atoms with Crippen LogP contribution >= 0.6 is 0 Å². The van der Waals surface area contributed by atoms with Crippen LogP contribution in [0.4, 0.5) is 4.79 Å². The fourth-order valence-corrected chi connectivity index (χ4v) is 1.35. The van der Waals surface area contributed by atoms with Gasteiger partial charge in [-0.2, -0.15) is 0 Å². The number of piperidine rings is 1. The van der Waals surface area contributed by atoms with Crippen LogP contribution in [0.1, 0.15) is 13.3 Å². The van der Waals surface area contributed by atoms with Crippen LogP contribution in [0, 0.1) is 0 Å². The maximum atomic E-state index is 10.5. The van der Waals surface area contributed by atoms with E-state index in [1.165, 1.54) is 4.90 Å². The van der Waals surface area contributed by atoms with E-state index < -0.39 is 11.7 Å². The molecule has 0 aromatic carbocycles. The number of β-amino-alcohol motifs (C(OH)–C–C–N with tert-alkyl or cyclic N) is 1. The molecule has 12 heavy (non-hydrogen) atoms. The van der Waals surface area contributed by atoms with Gasteiger partial charge in [-0.05, 0) is 13.3 Å². The molecule has 0 aromatic heterocycles. The highest BCUT2D eigenvalue weighted by molar-refractivity contribution is 5.65. The Morgan fingerprint density at radius 1 is 1.75 bits per heavy atom. The Morgan fingerprint density at radius 2 is 2.33 bits per heavy atom. The van der Waals surface area contributed by atoms with Crippen molar-refractivity contribution in [3.05, 3.63) is 0 Å². The van der Waals surface area contributed by atoms with Crippen molar-refractivity contribution in [2.24, 2.45) is 5.73 Å². The van der Waals surface area contributed by atoms with Crippen molar-refractivity contribution in [3.8, 4) is 0 Å². The molecule has 5 nitrogen and oxygen atoms in total. The second-order valence-electron chi connectivity index (χ2n) is 3.46. The third-order valence-electron chi connectivity index (χ3n) is 2.29. The van der Waals surface area contributed by atoms with Gasteiger partial charge in [0.05, 0.1) is 12.1 Å². The molecule has 0 spiro atoms. The SMILES string of the molecule is C[C@]1(O)CN(C(=O)O)CC[C@@H]1N. The Morgan fingerprint density at radius 3 is 2.75 bits per heavy atom. The van der Waals surface area contributed by atoms with Crippen LogP contribution in [0.2, 0.25) is 0 Å². The van der Waals surface area contributed by atoms with Gasteiger partial charge in [-0.25, -0.2) is 4.79 Å². The first-order valence-electron chi connectivity index (χ1n) is 3.89. The second kappa shape index (κ2) is 2.91. The van der Waals surface area contributed by atoms with E-state index in [2.05, 4.69) is 0 Å². The number of nitrogens with zero attached hydrogens (tertiary/aromatic N) is 1. The lowest BCUT2D eigenvalue weighted by Gasteiger charge is -2.39. The first-order chi connectivity index (χ1) is 5.43. The topological polar surface area (TPSA) is 86.8 Å². The minimum absolute atomic E-state index is 0.101. The molecule has 0 saturated carbocycles. The number of nitrogens with two attached hydrogens (primary N) is 1. The zero-order valence-electron chi connectivity index (χ0n) is 7.03. The van der Waals surface area contributed by atoms with Crippen molar-refractivity contribution < 1.29 is 15.0 Å². The number of likely N-dealkylation sites (tertiary alicyclic amines) is 1. The van der Waals surface area contributed by atoms with Crippen LogP contribution in [-0.4, -0.2) is 45.9 Å². The summed E-state index contributed by atoms with van der Waals surface area (Å²) in [6.45, 7) is 2.07. The third-order valence-corrected chi connectivity index (χ3v) is 2.29. The quantitative estimate of drug-likeness (QED) is 0.460. The largest absolute Gasteiger partial charge is 0.465 e. The molecule has 1 amide bonds. The molecule has 1 aliphatic heterocycles. The molecule has 0 radical (unpaired) electrons. The van der Waals surface area contributed by atoms with Gasteiger partial charge in [-0.1, -0.05) is 0 Å². The summed E-state index contributed by atoms with van der Waals surface area (Å²) in [5.74, 6) is 0. The Kier molecular flexibility index (Phi) is 2.25. The fraction of sp³-hybridized carbons (Fsp3) is 0.857. The molecule has 1 heterocycles. The number of aliphatic hydroxyl groups is 1. The summed E-state index contributed by atoms with van der Waals surface area (Å²) in [5, 5.41) is 18.3. The Labute approximate surface area is 70.8 Å². The van der Waals surface area contributed by atoms with Gasteiger partial charge in [-0.3, -0.25) is 0 Å². The lowest BCUT2D eigenvalue weighted by Crippen LogP contribution is -2.59. The smallest absolute Gasteiger partial charge is 0.407 e. The van der Waals surface area contributed by atoms with Crippen LogP contribution in [-0.2, 0) is 0 Å². The van der Waals surface area contributed by atoms with Crippen molar-refractivity contribution in [1.29, 1.82) is 0 Å². The van der Waals surface area contributed by atoms with E-state index in [1.54, 1.807) is 6.92 Å². The molecule has 4 N–H and O–H groups in total. The van der Waals surface area contributed by atoms with Crippen LogP contribution in [0.25, 0.3) is 0 Å². The summed E-state index contributed by atoms with van der Waals surface area (Å²) >= 11 is 0. The standard InChI is InChI=1S/C7H14N2O3/c1-7(12)4-9(6(10)11)3-2-5(7)8/h5,12H,2-4,8H2,1H3,(H,10,11)/t5-,7-/m0/s1. The van der Waals surface area contributed by atoms with E-state index in [-0.39, 0.29) is 12.6 Å². The summed E-state index contributed by atoms with van der Waals surface area (Å²) in [6.07, 6.45) is -0.485. The van der Waals surface area contributed by atoms with Crippen LogP contribution in [0.15, 0.2) is 0 Å². The van der Waals surface area contributed by atoms with E-state index in [1.807, 2.05) is 0 Å². The molecular formula is C7H14N2O3. The van der Waals surface area contributed by atoms with Gasteiger partial charge in [0, 0.05) is 12.6 Å². The number of carbonyl (C=O) groups is 1. The molecule has 0 bridgehead atoms. The van der Waals surface area contributed by atoms with Gasteiger partial charge in [0.15, 0.2) is 0 Å². The Hall–Kier alpha value is -0.810. The maximum absolute atomic E-state index is 10.5.